The van der Waals surface area contributed by atoms with Crippen LogP contribution in [0.1, 0.15) is 0 Å². The minimum Gasteiger partial charge on any atom is -0.356 e. The van der Waals surface area contributed by atoms with E-state index in [4.69, 9.17) is 0 Å². The summed E-state index contributed by atoms with van der Waals surface area (Å²) in [5, 5.41) is 4.06. The molecule has 0 aromatic heterocycles. The van der Waals surface area contributed by atoms with Gasteiger partial charge in [0.1, 0.15) is 0 Å². The summed E-state index contributed by atoms with van der Waals surface area (Å²) in [5.74, 6) is 0. The second-order valence-electron chi connectivity index (χ2n) is 7.81. The molecular weight excluding hydrogens is 402 g/mol. The summed E-state index contributed by atoms with van der Waals surface area (Å²) in [6.45, 7) is 0. The summed E-state index contributed by atoms with van der Waals surface area (Å²) >= 11 is 0. The molecule has 0 aliphatic carbocycles. The summed E-state index contributed by atoms with van der Waals surface area (Å²) in [6, 6.07) is 54.7. The molecule has 0 saturated carbocycles. The van der Waals surface area contributed by atoms with Crippen molar-refractivity contribution in [3.8, 4) is 0 Å². The van der Waals surface area contributed by atoms with Crippen molar-refractivity contribution in [2.45, 2.75) is 0 Å². The Morgan fingerprint density at radius 2 is 0.562 bits per heavy atom. The first kappa shape index (κ1) is 20.0. The van der Waals surface area contributed by atoms with E-state index in [-0.39, 0.29) is 0 Å². The first-order valence-corrected chi connectivity index (χ1v) is 12.9. The van der Waals surface area contributed by atoms with Gasteiger partial charge in [0.2, 0.25) is 0 Å². The molecule has 0 aliphatic heterocycles. The van der Waals surface area contributed by atoms with Crippen LogP contribution in [0, 0.1) is 0 Å². The molecule has 2 heteroatoms. The standard InChI is InChI=1S/C30H25NSi/c1-6-16-26(17-7-1)31(27-18-8-2-9-19-27)32(28-20-10-3-11-21-28,29-22-12-4-13-23-29)30-24-14-5-15-25-30/h1-25H. The molecule has 0 radical (unpaired) electrons. The van der Waals surface area contributed by atoms with E-state index in [1.165, 1.54) is 26.9 Å². The van der Waals surface area contributed by atoms with Gasteiger partial charge >= 0.3 is 0 Å². The lowest BCUT2D eigenvalue weighted by Crippen LogP contribution is -2.76. The molecule has 5 rings (SSSR count). The van der Waals surface area contributed by atoms with Gasteiger partial charge in [-0.1, -0.05) is 127 Å². The molecule has 32 heavy (non-hydrogen) atoms. The molecule has 0 amide bonds. The van der Waals surface area contributed by atoms with Crippen molar-refractivity contribution >= 4 is 35.2 Å². The van der Waals surface area contributed by atoms with Crippen molar-refractivity contribution in [2.75, 3.05) is 4.57 Å². The second-order valence-corrected chi connectivity index (χ2v) is 11.4. The predicted molar refractivity (Wildman–Crippen MR) is 139 cm³/mol. The molecule has 154 valence electrons. The van der Waals surface area contributed by atoms with E-state index in [1.54, 1.807) is 0 Å². The van der Waals surface area contributed by atoms with Crippen molar-refractivity contribution in [3.63, 3.8) is 0 Å². The third kappa shape index (κ3) is 3.55. The number of rotatable bonds is 6. The Hall–Kier alpha value is -3.88. The molecule has 5 aromatic carbocycles. The maximum atomic E-state index is 2.60. The van der Waals surface area contributed by atoms with Crippen molar-refractivity contribution < 1.29 is 0 Å². The summed E-state index contributed by atoms with van der Waals surface area (Å²) in [4.78, 5) is 0. The molecule has 0 bridgehead atoms. The molecule has 1 nitrogen and oxygen atoms in total. The van der Waals surface area contributed by atoms with Gasteiger partial charge in [0.05, 0.1) is 0 Å². The lowest BCUT2D eigenvalue weighted by molar-refractivity contribution is 1.36. The molecular formula is C30H25NSi. The number of anilines is 2. The fourth-order valence-corrected chi connectivity index (χ4v) is 9.49. The largest absolute Gasteiger partial charge is 0.356 e. The van der Waals surface area contributed by atoms with Crippen molar-refractivity contribution in [2.24, 2.45) is 0 Å². The first-order valence-electron chi connectivity index (χ1n) is 11.0. The summed E-state index contributed by atoms with van der Waals surface area (Å²) in [5.41, 5.74) is 2.39. The average Bonchev–Trinajstić information content (AvgIpc) is 2.90. The summed E-state index contributed by atoms with van der Waals surface area (Å²) in [6.07, 6.45) is 0. The quantitative estimate of drug-likeness (QED) is 0.256. The first-order chi connectivity index (χ1) is 15.9. The predicted octanol–water partition coefficient (Wildman–Crippen LogP) is 5.49. The molecule has 5 aromatic rings. The highest BCUT2D eigenvalue weighted by Crippen LogP contribution is 2.31. The van der Waals surface area contributed by atoms with E-state index >= 15 is 0 Å². The van der Waals surface area contributed by atoms with Gasteiger partial charge in [0.15, 0.2) is 0 Å². The molecule has 0 saturated heterocycles. The lowest BCUT2D eigenvalue weighted by Gasteiger charge is -2.45. The van der Waals surface area contributed by atoms with E-state index in [1.807, 2.05) is 0 Å². The monoisotopic (exact) mass is 427 g/mol. The van der Waals surface area contributed by atoms with Gasteiger partial charge in [-0.3, -0.25) is 0 Å². The van der Waals surface area contributed by atoms with Crippen molar-refractivity contribution in [1.82, 2.24) is 0 Å². The summed E-state index contributed by atoms with van der Waals surface area (Å²) < 4.78 is 2.60. The Bertz CT molecular complexity index is 1100. The summed E-state index contributed by atoms with van der Waals surface area (Å²) in [7, 11) is -2.70. The highest BCUT2D eigenvalue weighted by molar-refractivity contribution is 7.14. The Kier molecular flexibility index (Phi) is 5.69. The van der Waals surface area contributed by atoms with Crippen LogP contribution in [0.3, 0.4) is 0 Å². The van der Waals surface area contributed by atoms with Crippen LogP contribution in [0.4, 0.5) is 11.4 Å². The van der Waals surface area contributed by atoms with Crippen LogP contribution in [-0.2, 0) is 0 Å². The van der Waals surface area contributed by atoms with Gasteiger partial charge in [-0.2, -0.15) is 0 Å². The SMILES string of the molecule is c1ccc(N(c2ccccc2)[Si](c2ccccc2)(c2ccccc2)c2ccccc2)cc1. The van der Waals surface area contributed by atoms with Crippen LogP contribution in [0.15, 0.2) is 152 Å². The van der Waals surface area contributed by atoms with Gasteiger partial charge in [-0.15, -0.1) is 0 Å². The molecule has 0 atom stereocenters. The maximum Gasteiger partial charge on any atom is 0.257 e. The zero-order valence-corrected chi connectivity index (χ0v) is 18.9. The highest BCUT2D eigenvalue weighted by Gasteiger charge is 2.46. The normalized spacial score (nSPS) is 11.1. The van der Waals surface area contributed by atoms with Crippen LogP contribution < -0.4 is 20.1 Å². The molecule has 0 heterocycles. The third-order valence-electron chi connectivity index (χ3n) is 5.94. The Morgan fingerprint density at radius 1 is 0.312 bits per heavy atom. The fourth-order valence-electron chi connectivity index (χ4n) is 4.62. The highest BCUT2D eigenvalue weighted by atomic mass is 28.3. The number of hydrogen-bond donors (Lipinski definition) is 0. The van der Waals surface area contributed by atoms with Crippen LogP contribution in [-0.4, -0.2) is 8.24 Å². The van der Waals surface area contributed by atoms with E-state index in [9.17, 15) is 0 Å². The fraction of sp³-hybridized carbons (Fsp3) is 0. The lowest BCUT2D eigenvalue weighted by atomic mass is 10.3. The van der Waals surface area contributed by atoms with Gasteiger partial charge in [-0.25, -0.2) is 0 Å². The van der Waals surface area contributed by atoms with E-state index in [0.717, 1.165) is 0 Å². The van der Waals surface area contributed by atoms with Gasteiger partial charge in [0.25, 0.3) is 8.24 Å². The van der Waals surface area contributed by atoms with Gasteiger partial charge in [-0.05, 0) is 39.8 Å². The Balaban J connectivity index is 1.94. The van der Waals surface area contributed by atoms with Crippen LogP contribution in [0.2, 0.25) is 0 Å². The minimum absolute atomic E-state index is 1.20. The van der Waals surface area contributed by atoms with Crippen LogP contribution >= 0.6 is 0 Å². The second kappa shape index (κ2) is 9.09. The minimum atomic E-state index is -2.70. The number of para-hydroxylation sites is 2. The molecule has 0 unspecified atom stereocenters. The molecule has 0 aliphatic rings. The smallest absolute Gasteiger partial charge is 0.257 e. The Labute approximate surface area is 191 Å². The van der Waals surface area contributed by atoms with Gasteiger partial charge < -0.3 is 4.57 Å². The van der Waals surface area contributed by atoms with Gasteiger partial charge in [0, 0.05) is 11.4 Å². The maximum absolute atomic E-state index is 2.70. The number of hydrogen-bond acceptors (Lipinski definition) is 1. The van der Waals surface area contributed by atoms with Crippen LogP contribution in [0.25, 0.3) is 0 Å². The molecule has 0 spiro atoms. The van der Waals surface area contributed by atoms with E-state index in [0.29, 0.717) is 0 Å². The molecule has 0 N–H and O–H groups in total. The zero-order chi connectivity index (χ0) is 21.6. The zero-order valence-electron chi connectivity index (χ0n) is 17.9. The van der Waals surface area contributed by atoms with Crippen LogP contribution in [0.5, 0.6) is 0 Å². The third-order valence-corrected chi connectivity index (χ3v) is 10.6. The topological polar surface area (TPSA) is 3.24 Å². The number of nitrogens with zero attached hydrogens (tertiary/aromatic N) is 1. The van der Waals surface area contributed by atoms with Crippen molar-refractivity contribution in [1.29, 1.82) is 0 Å². The van der Waals surface area contributed by atoms with E-state index in [2.05, 4.69) is 156 Å². The number of benzene rings is 5. The molecule has 0 fully saturated rings. The van der Waals surface area contributed by atoms with Crippen molar-refractivity contribution in [3.05, 3.63) is 152 Å². The Morgan fingerprint density at radius 3 is 0.844 bits per heavy atom. The average molecular weight is 428 g/mol. The van der Waals surface area contributed by atoms with E-state index < -0.39 is 8.24 Å².